The summed E-state index contributed by atoms with van der Waals surface area (Å²) in [5, 5.41) is 9.86. The molecule has 1 amide bonds. The number of benzene rings is 1. The van der Waals surface area contributed by atoms with Crippen molar-refractivity contribution in [2.24, 2.45) is 11.8 Å². The molecule has 4 rings (SSSR count). The summed E-state index contributed by atoms with van der Waals surface area (Å²) in [4.78, 5) is 22.1. The normalized spacial score (nSPS) is 22.3. The van der Waals surface area contributed by atoms with Crippen LogP contribution in [0.5, 0.6) is 5.88 Å². The third-order valence-corrected chi connectivity index (χ3v) is 7.10. The maximum Gasteiger partial charge on any atom is 0.259 e. The Kier molecular flexibility index (Phi) is 8.36. The van der Waals surface area contributed by atoms with Crippen molar-refractivity contribution in [3.63, 3.8) is 0 Å². The van der Waals surface area contributed by atoms with E-state index in [1.54, 1.807) is 29.3 Å². The van der Waals surface area contributed by atoms with Crippen LogP contribution in [-0.2, 0) is 4.74 Å². The number of carbonyl (C=O) groups excluding carboxylic acids is 1. The molecule has 7 nitrogen and oxygen atoms in total. The van der Waals surface area contributed by atoms with Gasteiger partial charge in [-0.25, -0.2) is 9.37 Å². The van der Waals surface area contributed by atoms with E-state index in [4.69, 9.17) is 9.47 Å². The van der Waals surface area contributed by atoms with Crippen molar-refractivity contribution < 1.29 is 23.8 Å². The zero-order valence-corrected chi connectivity index (χ0v) is 20.8. The Hall–Kier alpha value is -2.55. The number of hydrogen-bond donors (Lipinski definition) is 1. The molecule has 2 aliphatic heterocycles. The minimum absolute atomic E-state index is 0.0387. The minimum Gasteiger partial charge on any atom is -0.472 e. The number of hydrogen-bond acceptors (Lipinski definition) is 6. The summed E-state index contributed by atoms with van der Waals surface area (Å²) in [6, 6.07) is 7.51. The molecule has 1 fully saturated rings. The van der Waals surface area contributed by atoms with Gasteiger partial charge in [-0.2, -0.15) is 0 Å². The van der Waals surface area contributed by atoms with Crippen LogP contribution in [0.1, 0.15) is 37.0 Å². The van der Waals surface area contributed by atoms with Crippen molar-refractivity contribution >= 4 is 5.91 Å². The van der Waals surface area contributed by atoms with Gasteiger partial charge in [0.25, 0.3) is 5.91 Å². The number of aliphatic hydroxyl groups excluding tert-OH is 1. The average Bonchev–Trinajstić information content (AvgIpc) is 2.86. The van der Waals surface area contributed by atoms with Crippen LogP contribution in [0.15, 0.2) is 36.5 Å². The van der Waals surface area contributed by atoms with Crippen molar-refractivity contribution in [2.75, 3.05) is 46.5 Å². The largest absolute Gasteiger partial charge is 0.472 e. The topological polar surface area (TPSA) is 75.1 Å². The van der Waals surface area contributed by atoms with Crippen LogP contribution in [0.2, 0.25) is 0 Å². The third kappa shape index (κ3) is 6.18. The second-order valence-corrected chi connectivity index (χ2v) is 9.98. The molecule has 1 saturated heterocycles. The van der Waals surface area contributed by atoms with Gasteiger partial charge < -0.3 is 24.4 Å². The van der Waals surface area contributed by atoms with E-state index in [2.05, 4.69) is 23.9 Å². The fourth-order valence-electron chi connectivity index (χ4n) is 4.87. The highest BCUT2D eigenvalue weighted by Gasteiger charge is 2.34. The highest BCUT2D eigenvalue weighted by atomic mass is 19.1. The SMILES string of the molecule is C[C@@H]1CN([C@H](C)CO)C(=O)c2cc(-c3ccc(F)cc3)cnc2O[C@@H]1CN(C)CC1CCOCC1. The summed E-state index contributed by atoms with van der Waals surface area (Å²) in [5.41, 5.74) is 1.83. The van der Waals surface area contributed by atoms with Gasteiger partial charge in [0.05, 0.1) is 12.6 Å². The smallest absolute Gasteiger partial charge is 0.259 e. The Balaban J connectivity index is 1.62. The first-order valence-corrected chi connectivity index (χ1v) is 12.5. The number of pyridine rings is 1. The lowest BCUT2D eigenvalue weighted by Gasteiger charge is -2.38. The summed E-state index contributed by atoms with van der Waals surface area (Å²) in [7, 11) is 2.11. The second-order valence-electron chi connectivity index (χ2n) is 9.98. The molecule has 0 unspecified atom stereocenters. The first-order chi connectivity index (χ1) is 16.9. The maximum absolute atomic E-state index is 13.6. The highest BCUT2D eigenvalue weighted by Crippen LogP contribution is 2.30. The fourth-order valence-corrected chi connectivity index (χ4v) is 4.87. The molecular weight excluding hydrogens is 449 g/mol. The van der Waals surface area contributed by atoms with Gasteiger partial charge in [0.2, 0.25) is 5.88 Å². The number of fused-ring (bicyclic) bond motifs is 1. The van der Waals surface area contributed by atoms with Crippen molar-refractivity contribution in [1.29, 1.82) is 0 Å². The van der Waals surface area contributed by atoms with Crippen LogP contribution in [0, 0.1) is 17.7 Å². The van der Waals surface area contributed by atoms with Crippen molar-refractivity contribution in [3.05, 3.63) is 47.9 Å². The Morgan fingerprint density at radius 2 is 1.91 bits per heavy atom. The van der Waals surface area contributed by atoms with E-state index in [1.165, 1.54) is 12.1 Å². The molecule has 0 spiro atoms. The number of aromatic nitrogens is 1. The summed E-state index contributed by atoms with van der Waals surface area (Å²) in [6.07, 6.45) is 3.62. The third-order valence-electron chi connectivity index (χ3n) is 7.10. The first-order valence-electron chi connectivity index (χ1n) is 12.5. The summed E-state index contributed by atoms with van der Waals surface area (Å²) in [6.45, 7) is 7.57. The van der Waals surface area contributed by atoms with E-state index < -0.39 is 0 Å². The standard InChI is InChI=1S/C27H36FN3O4/c1-18-14-31(19(2)17-32)27(33)24-12-22(21-4-6-23(28)7-5-21)13-29-26(24)35-25(18)16-30(3)15-20-8-10-34-11-9-20/h4-7,12-13,18-20,25,32H,8-11,14-17H2,1-3H3/t18-,19-,25-/m1/s1. The molecule has 0 bridgehead atoms. The molecule has 1 N–H and O–H groups in total. The van der Waals surface area contributed by atoms with Gasteiger partial charge in [0.1, 0.15) is 17.5 Å². The molecule has 35 heavy (non-hydrogen) atoms. The van der Waals surface area contributed by atoms with Gasteiger partial charge in [-0.15, -0.1) is 0 Å². The van der Waals surface area contributed by atoms with Crippen molar-refractivity contribution in [3.8, 4) is 17.0 Å². The minimum atomic E-state index is -0.342. The number of amides is 1. The first kappa shape index (κ1) is 25.5. The lowest BCUT2D eigenvalue weighted by Crippen LogP contribution is -2.50. The van der Waals surface area contributed by atoms with E-state index in [0.29, 0.717) is 36.0 Å². The molecule has 2 aliphatic rings. The van der Waals surface area contributed by atoms with E-state index in [9.17, 15) is 14.3 Å². The molecule has 190 valence electrons. The second kappa shape index (κ2) is 11.5. The number of nitrogens with zero attached hydrogens (tertiary/aromatic N) is 3. The van der Waals surface area contributed by atoms with Gasteiger partial charge in [0, 0.05) is 50.5 Å². The highest BCUT2D eigenvalue weighted by molar-refractivity contribution is 5.98. The van der Waals surface area contributed by atoms with Gasteiger partial charge in [0.15, 0.2) is 0 Å². The number of likely N-dealkylation sites (N-methyl/N-ethyl adjacent to an activating group) is 1. The quantitative estimate of drug-likeness (QED) is 0.648. The maximum atomic E-state index is 13.6. The average molecular weight is 486 g/mol. The van der Waals surface area contributed by atoms with E-state index in [-0.39, 0.29) is 36.4 Å². The summed E-state index contributed by atoms with van der Waals surface area (Å²) in [5.74, 6) is 0.397. The number of rotatable bonds is 7. The molecule has 3 heterocycles. The van der Waals surface area contributed by atoms with Gasteiger partial charge in [-0.3, -0.25) is 4.79 Å². The Morgan fingerprint density at radius 3 is 2.60 bits per heavy atom. The predicted octanol–water partition coefficient (Wildman–Crippen LogP) is 3.47. The molecule has 0 saturated carbocycles. The van der Waals surface area contributed by atoms with Crippen LogP contribution in [0.4, 0.5) is 4.39 Å². The number of carbonyl (C=O) groups is 1. The monoisotopic (exact) mass is 485 g/mol. The van der Waals surface area contributed by atoms with Crippen molar-refractivity contribution in [1.82, 2.24) is 14.8 Å². The van der Waals surface area contributed by atoms with Gasteiger partial charge >= 0.3 is 0 Å². The van der Waals surface area contributed by atoms with E-state index in [1.807, 2.05) is 6.92 Å². The molecule has 0 radical (unpaired) electrons. The van der Waals surface area contributed by atoms with Gasteiger partial charge in [-0.1, -0.05) is 19.1 Å². The zero-order valence-electron chi connectivity index (χ0n) is 20.8. The molecule has 3 atom stereocenters. The molecule has 8 heteroatoms. The Labute approximate surface area is 206 Å². The van der Waals surface area contributed by atoms with Crippen LogP contribution in [0.3, 0.4) is 0 Å². The molecular formula is C27H36FN3O4. The summed E-state index contributed by atoms with van der Waals surface area (Å²) < 4.78 is 25.3. The number of halogens is 1. The van der Waals surface area contributed by atoms with Crippen LogP contribution in [0.25, 0.3) is 11.1 Å². The van der Waals surface area contributed by atoms with E-state index in [0.717, 1.165) is 38.2 Å². The fraction of sp³-hybridized carbons (Fsp3) is 0.556. The summed E-state index contributed by atoms with van der Waals surface area (Å²) >= 11 is 0. The van der Waals surface area contributed by atoms with Crippen LogP contribution in [-0.4, -0.2) is 84.4 Å². The van der Waals surface area contributed by atoms with Crippen molar-refractivity contribution in [2.45, 2.75) is 38.8 Å². The Bertz CT molecular complexity index is 996. The molecule has 0 aliphatic carbocycles. The lowest BCUT2D eigenvalue weighted by atomic mass is 9.97. The Morgan fingerprint density at radius 1 is 1.20 bits per heavy atom. The van der Waals surface area contributed by atoms with Gasteiger partial charge in [-0.05, 0) is 56.5 Å². The molecule has 1 aromatic carbocycles. The van der Waals surface area contributed by atoms with Crippen LogP contribution < -0.4 is 4.74 Å². The number of ether oxygens (including phenoxy) is 2. The number of aliphatic hydroxyl groups is 1. The van der Waals surface area contributed by atoms with E-state index >= 15 is 0 Å². The lowest BCUT2D eigenvalue weighted by molar-refractivity contribution is 0.0254. The molecule has 1 aromatic heterocycles. The zero-order chi connectivity index (χ0) is 24.9. The van der Waals surface area contributed by atoms with Crippen LogP contribution >= 0.6 is 0 Å². The predicted molar refractivity (Wildman–Crippen MR) is 132 cm³/mol. The molecule has 2 aromatic rings.